The zero-order valence-electron chi connectivity index (χ0n) is 16.2. The van der Waals surface area contributed by atoms with Crippen molar-refractivity contribution in [3.63, 3.8) is 0 Å². The lowest BCUT2D eigenvalue weighted by Gasteiger charge is -2.12. The Hall–Kier alpha value is -2.34. The van der Waals surface area contributed by atoms with E-state index in [1.165, 1.54) is 22.6 Å². The second-order valence-corrected chi connectivity index (χ2v) is 8.36. The number of carbonyl (C=O) groups excluding carboxylic acids is 2. The molecule has 5 nitrogen and oxygen atoms in total. The van der Waals surface area contributed by atoms with Crippen molar-refractivity contribution in [3.05, 3.63) is 46.3 Å². The topological polar surface area (TPSA) is 61.4 Å². The van der Waals surface area contributed by atoms with E-state index in [1.54, 1.807) is 0 Å². The SMILES string of the molecule is Cc1cc(NC(=O)C2CC2)sc1C(=O)NCCCc1ccc(N(C)C)cc1. The number of rotatable bonds is 8. The summed E-state index contributed by atoms with van der Waals surface area (Å²) in [5.41, 5.74) is 3.36. The summed E-state index contributed by atoms with van der Waals surface area (Å²) in [4.78, 5) is 27.0. The van der Waals surface area contributed by atoms with Crippen molar-refractivity contribution in [2.45, 2.75) is 32.6 Å². The number of hydrogen-bond donors (Lipinski definition) is 2. The molecule has 144 valence electrons. The molecule has 1 aliphatic carbocycles. The molecule has 1 saturated carbocycles. The van der Waals surface area contributed by atoms with Crippen molar-refractivity contribution in [2.75, 3.05) is 30.9 Å². The zero-order chi connectivity index (χ0) is 19.4. The molecule has 1 heterocycles. The van der Waals surface area contributed by atoms with Gasteiger partial charge in [-0.3, -0.25) is 9.59 Å². The third kappa shape index (κ3) is 5.32. The maximum atomic E-state index is 12.4. The molecule has 0 atom stereocenters. The van der Waals surface area contributed by atoms with Gasteiger partial charge in [-0.05, 0) is 61.9 Å². The maximum Gasteiger partial charge on any atom is 0.261 e. The number of thiophene rings is 1. The molecule has 2 N–H and O–H groups in total. The van der Waals surface area contributed by atoms with Crippen molar-refractivity contribution in [2.24, 2.45) is 5.92 Å². The van der Waals surface area contributed by atoms with Gasteiger partial charge in [0.1, 0.15) is 0 Å². The average Bonchev–Trinajstić information content (AvgIpc) is 3.43. The predicted molar refractivity (Wildman–Crippen MR) is 112 cm³/mol. The second-order valence-electron chi connectivity index (χ2n) is 7.31. The summed E-state index contributed by atoms with van der Waals surface area (Å²) in [6, 6.07) is 10.4. The first-order chi connectivity index (χ1) is 12.9. The summed E-state index contributed by atoms with van der Waals surface area (Å²) in [5.74, 6) is 0.173. The number of nitrogens with zero attached hydrogens (tertiary/aromatic N) is 1. The van der Waals surface area contributed by atoms with Crippen LogP contribution >= 0.6 is 11.3 Å². The van der Waals surface area contributed by atoms with Gasteiger partial charge < -0.3 is 15.5 Å². The van der Waals surface area contributed by atoms with Crippen LogP contribution in [0.15, 0.2) is 30.3 Å². The fraction of sp³-hybridized carbons (Fsp3) is 0.429. The van der Waals surface area contributed by atoms with Crippen molar-refractivity contribution in [1.82, 2.24) is 5.32 Å². The highest BCUT2D eigenvalue weighted by Crippen LogP contribution is 2.32. The molecule has 1 fully saturated rings. The number of amides is 2. The quantitative estimate of drug-likeness (QED) is 0.679. The maximum absolute atomic E-state index is 12.4. The second kappa shape index (κ2) is 8.57. The number of anilines is 2. The smallest absolute Gasteiger partial charge is 0.261 e. The molecule has 0 aliphatic heterocycles. The van der Waals surface area contributed by atoms with Gasteiger partial charge in [0.2, 0.25) is 5.91 Å². The highest BCUT2D eigenvalue weighted by molar-refractivity contribution is 7.18. The van der Waals surface area contributed by atoms with E-state index in [2.05, 4.69) is 39.8 Å². The normalized spacial score (nSPS) is 13.3. The molecule has 6 heteroatoms. The van der Waals surface area contributed by atoms with Crippen LogP contribution in [0.4, 0.5) is 10.7 Å². The van der Waals surface area contributed by atoms with Gasteiger partial charge in [-0.2, -0.15) is 0 Å². The number of benzene rings is 1. The largest absolute Gasteiger partial charge is 0.378 e. The Morgan fingerprint density at radius 3 is 2.52 bits per heavy atom. The van der Waals surface area contributed by atoms with E-state index in [1.807, 2.05) is 27.1 Å². The van der Waals surface area contributed by atoms with Crippen molar-refractivity contribution in [3.8, 4) is 0 Å². The molecule has 0 spiro atoms. The van der Waals surface area contributed by atoms with Gasteiger partial charge in [-0.15, -0.1) is 11.3 Å². The van der Waals surface area contributed by atoms with E-state index in [4.69, 9.17) is 0 Å². The first kappa shape index (κ1) is 19.4. The lowest BCUT2D eigenvalue weighted by Crippen LogP contribution is -2.24. The van der Waals surface area contributed by atoms with Crippen LogP contribution in [0.3, 0.4) is 0 Å². The number of nitrogens with one attached hydrogen (secondary N) is 2. The Morgan fingerprint density at radius 2 is 1.89 bits per heavy atom. The number of aryl methyl sites for hydroxylation is 2. The molecule has 0 radical (unpaired) electrons. The van der Waals surface area contributed by atoms with Crippen LogP contribution in [-0.4, -0.2) is 32.5 Å². The first-order valence-electron chi connectivity index (χ1n) is 9.40. The molecule has 0 saturated heterocycles. The molecule has 27 heavy (non-hydrogen) atoms. The minimum absolute atomic E-state index is 0.0626. The molecule has 1 aliphatic rings. The van der Waals surface area contributed by atoms with Gasteiger partial charge >= 0.3 is 0 Å². The van der Waals surface area contributed by atoms with Crippen molar-refractivity contribution in [1.29, 1.82) is 0 Å². The fourth-order valence-electron chi connectivity index (χ4n) is 2.87. The van der Waals surface area contributed by atoms with Gasteiger partial charge in [0, 0.05) is 32.2 Å². The lowest BCUT2D eigenvalue weighted by molar-refractivity contribution is -0.117. The standard InChI is InChI=1S/C21H27N3O2S/c1-14-13-18(23-20(25)16-8-9-16)27-19(14)21(26)22-12-4-5-15-6-10-17(11-7-15)24(2)3/h6-7,10-11,13,16H,4-5,8-9,12H2,1-3H3,(H,22,26)(H,23,25). The Morgan fingerprint density at radius 1 is 1.19 bits per heavy atom. The van der Waals surface area contributed by atoms with E-state index < -0.39 is 0 Å². The summed E-state index contributed by atoms with van der Waals surface area (Å²) in [5, 5.41) is 6.67. The minimum Gasteiger partial charge on any atom is -0.378 e. The van der Waals surface area contributed by atoms with E-state index in [-0.39, 0.29) is 17.7 Å². The Balaban J connectivity index is 1.45. The molecular weight excluding hydrogens is 358 g/mol. The summed E-state index contributed by atoms with van der Waals surface area (Å²) in [6.07, 6.45) is 3.77. The summed E-state index contributed by atoms with van der Waals surface area (Å²) in [7, 11) is 4.06. The van der Waals surface area contributed by atoms with Crippen LogP contribution in [0.2, 0.25) is 0 Å². The summed E-state index contributed by atoms with van der Waals surface area (Å²) < 4.78 is 0. The van der Waals surface area contributed by atoms with Gasteiger partial charge in [0.25, 0.3) is 5.91 Å². The zero-order valence-corrected chi connectivity index (χ0v) is 17.0. The van der Waals surface area contributed by atoms with E-state index >= 15 is 0 Å². The molecule has 1 aromatic carbocycles. The number of hydrogen-bond acceptors (Lipinski definition) is 4. The summed E-state index contributed by atoms with van der Waals surface area (Å²) >= 11 is 1.35. The lowest BCUT2D eigenvalue weighted by atomic mass is 10.1. The van der Waals surface area contributed by atoms with Crippen molar-refractivity contribution >= 4 is 33.8 Å². The highest BCUT2D eigenvalue weighted by Gasteiger charge is 2.30. The molecule has 2 amide bonds. The summed E-state index contributed by atoms with van der Waals surface area (Å²) in [6.45, 7) is 2.54. The van der Waals surface area contributed by atoms with Gasteiger partial charge in [0.05, 0.1) is 9.88 Å². The van der Waals surface area contributed by atoms with E-state index in [9.17, 15) is 9.59 Å². The monoisotopic (exact) mass is 385 g/mol. The van der Waals surface area contributed by atoms with Crippen LogP contribution in [0.25, 0.3) is 0 Å². The van der Waals surface area contributed by atoms with Crippen LogP contribution in [-0.2, 0) is 11.2 Å². The molecular formula is C21H27N3O2S. The third-order valence-corrected chi connectivity index (χ3v) is 5.85. The van der Waals surface area contributed by atoms with Crippen molar-refractivity contribution < 1.29 is 9.59 Å². The van der Waals surface area contributed by atoms with Crippen LogP contribution in [0.1, 0.15) is 40.1 Å². The highest BCUT2D eigenvalue weighted by atomic mass is 32.1. The van der Waals surface area contributed by atoms with Crippen LogP contribution in [0.5, 0.6) is 0 Å². The molecule has 0 unspecified atom stereocenters. The number of carbonyl (C=O) groups is 2. The molecule has 0 bridgehead atoms. The fourth-order valence-corrected chi connectivity index (χ4v) is 3.87. The van der Waals surface area contributed by atoms with Gasteiger partial charge in [-0.1, -0.05) is 12.1 Å². The van der Waals surface area contributed by atoms with E-state index in [0.717, 1.165) is 36.2 Å². The average molecular weight is 386 g/mol. The first-order valence-corrected chi connectivity index (χ1v) is 10.2. The predicted octanol–water partition coefficient (Wildman–Crippen LogP) is 3.83. The van der Waals surface area contributed by atoms with Gasteiger partial charge in [0.15, 0.2) is 0 Å². The molecule has 2 aromatic rings. The molecule has 1 aromatic heterocycles. The Kier molecular flexibility index (Phi) is 6.16. The van der Waals surface area contributed by atoms with E-state index in [0.29, 0.717) is 11.4 Å². The Bertz CT molecular complexity index is 807. The third-order valence-electron chi connectivity index (χ3n) is 4.70. The van der Waals surface area contributed by atoms with Gasteiger partial charge in [-0.25, -0.2) is 0 Å². The Labute approximate surface area is 164 Å². The molecule has 3 rings (SSSR count). The van der Waals surface area contributed by atoms with Crippen LogP contribution in [0, 0.1) is 12.8 Å². The van der Waals surface area contributed by atoms with Crippen LogP contribution < -0.4 is 15.5 Å². The minimum atomic E-state index is -0.0626.